The summed E-state index contributed by atoms with van der Waals surface area (Å²) in [6.45, 7) is 12.1. The van der Waals surface area contributed by atoms with E-state index in [1.54, 1.807) is 0 Å². The van der Waals surface area contributed by atoms with Crippen molar-refractivity contribution in [3.63, 3.8) is 0 Å². The van der Waals surface area contributed by atoms with E-state index in [0.717, 1.165) is 24.2 Å². The van der Waals surface area contributed by atoms with Crippen LogP contribution in [-0.4, -0.2) is 23.5 Å². The van der Waals surface area contributed by atoms with E-state index in [2.05, 4.69) is 55.2 Å². The molecule has 0 saturated heterocycles. The van der Waals surface area contributed by atoms with E-state index in [-0.39, 0.29) is 5.41 Å². The molecule has 5 heteroatoms. The fourth-order valence-electron chi connectivity index (χ4n) is 3.11. The molecule has 0 amide bonds. The zero-order valence-corrected chi connectivity index (χ0v) is 16.0. The van der Waals surface area contributed by atoms with Gasteiger partial charge in [-0.15, -0.1) is 0 Å². The lowest BCUT2D eigenvalue weighted by atomic mass is 9.84. The van der Waals surface area contributed by atoms with Gasteiger partial charge in [0.2, 0.25) is 5.89 Å². The maximum atomic E-state index is 5.82. The number of nitrogens with one attached hydrogen (secondary N) is 2. The van der Waals surface area contributed by atoms with Crippen molar-refractivity contribution in [3.05, 3.63) is 17.8 Å². The Balaban J connectivity index is 1.92. The second-order valence-electron chi connectivity index (χ2n) is 7.83. The van der Waals surface area contributed by atoms with Crippen molar-refractivity contribution >= 4 is 5.96 Å². The van der Waals surface area contributed by atoms with Gasteiger partial charge in [0.15, 0.2) is 5.96 Å². The van der Waals surface area contributed by atoms with Gasteiger partial charge in [-0.25, -0.2) is 9.98 Å². The Labute approximate surface area is 146 Å². The van der Waals surface area contributed by atoms with E-state index in [0.29, 0.717) is 18.5 Å². The lowest BCUT2D eigenvalue weighted by Gasteiger charge is -2.29. The van der Waals surface area contributed by atoms with Crippen molar-refractivity contribution in [2.75, 3.05) is 6.54 Å². The first kappa shape index (κ1) is 18.8. The van der Waals surface area contributed by atoms with Gasteiger partial charge in [-0.1, -0.05) is 34.1 Å². The first-order valence-electron chi connectivity index (χ1n) is 9.42. The Morgan fingerprint density at radius 3 is 2.50 bits per heavy atom. The lowest BCUT2D eigenvalue weighted by Crippen LogP contribution is -2.44. The van der Waals surface area contributed by atoms with E-state index in [1.165, 1.54) is 32.1 Å². The third-order valence-electron chi connectivity index (χ3n) is 4.77. The quantitative estimate of drug-likeness (QED) is 0.631. The predicted molar refractivity (Wildman–Crippen MR) is 99.2 cm³/mol. The monoisotopic (exact) mass is 334 g/mol. The highest BCUT2D eigenvalue weighted by molar-refractivity contribution is 5.80. The second-order valence-corrected chi connectivity index (χ2v) is 7.83. The van der Waals surface area contributed by atoms with Crippen molar-refractivity contribution in [3.8, 4) is 0 Å². The third kappa shape index (κ3) is 5.53. The third-order valence-corrected chi connectivity index (χ3v) is 4.77. The van der Waals surface area contributed by atoms with Gasteiger partial charge in [-0.05, 0) is 38.5 Å². The zero-order chi connectivity index (χ0) is 17.6. The second kappa shape index (κ2) is 8.54. The minimum atomic E-state index is -0.0182. The van der Waals surface area contributed by atoms with Crippen LogP contribution in [0.1, 0.15) is 78.4 Å². The van der Waals surface area contributed by atoms with Gasteiger partial charge < -0.3 is 15.1 Å². The van der Waals surface area contributed by atoms with Crippen molar-refractivity contribution in [1.29, 1.82) is 0 Å². The van der Waals surface area contributed by atoms with E-state index in [9.17, 15) is 0 Å². The highest BCUT2D eigenvalue weighted by atomic mass is 16.4. The number of hydrogen-bond donors (Lipinski definition) is 2. The van der Waals surface area contributed by atoms with Crippen molar-refractivity contribution < 1.29 is 4.42 Å². The SMILES string of the molecule is CCNC(=NCc1ncc(C(C)(C)C)o1)NC1CCC(CC)CC1. The largest absolute Gasteiger partial charge is 0.443 e. The van der Waals surface area contributed by atoms with Crippen LogP contribution in [0.5, 0.6) is 0 Å². The minimum Gasteiger partial charge on any atom is -0.443 e. The molecular formula is C19H34N4O. The summed E-state index contributed by atoms with van der Waals surface area (Å²) < 4.78 is 5.82. The molecule has 0 atom stereocenters. The van der Waals surface area contributed by atoms with Gasteiger partial charge in [0.25, 0.3) is 0 Å². The Morgan fingerprint density at radius 1 is 1.25 bits per heavy atom. The molecule has 0 bridgehead atoms. The van der Waals surface area contributed by atoms with Crippen molar-refractivity contribution in [2.24, 2.45) is 10.9 Å². The Hall–Kier alpha value is -1.52. The Morgan fingerprint density at radius 2 is 1.96 bits per heavy atom. The van der Waals surface area contributed by atoms with Crippen molar-refractivity contribution in [2.45, 2.75) is 84.7 Å². The molecule has 24 heavy (non-hydrogen) atoms. The molecule has 0 aliphatic heterocycles. The Bertz CT molecular complexity index is 522. The highest BCUT2D eigenvalue weighted by Crippen LogP contribution is 2.26. The molecule has 0 unspecified atom stereocenters. The van der Waals surface area contributed by atoms with Gasteiger partial charge in [-0.2, -0.15) is 0 Å². The van der Waals surface area contributed by atoms with E-state index < -0.39 is 0 Å². The molecule has 2 N–H and O–H groups in total. The smallest absolute Gasteiger partial charge is 0.216 e. The fourth-order valence-corrected chi connectivity index (χ4v) is 3.11. The summed E-state index contributed by atoms with van der Waals surface area (Å²) in [6, 6.07) is 0.528. The predicted octanol–water partition coefficient (Wildman–Crippen LogP) is 4.00. The Kier molecular flexibility index (Phi) is 6.69. The standard InChI is InChI=1S/C19H34N4O/c1-6-14-8-10-15(11-9-14)23-18(20-7-2)22-13-17-21-12-16(24-17)19(3,4)5/h12,14-15H,6-11,13H2,1-5H3,(H2,20,22,23). The van der Waals surface area contributed by atoms with Gasteiger partial charge in [-0.3, -0.25) is 0 Å². The molecule has 1 saturated carbocycles. The van der Waals surface area contributed by atoms with Gasteiger partial charge >= 0.3 is 0 Å². The minimum absolute atomic E-state index is 0.0182. The number of aliphatic imine (C=N–C) groups is 1. The van der Waals surface area contributed by atoms with Crippen LogP contribution in [0.15, 0.2) is 15.6 Å². The molecule has 1 aromatic heterocycles. The summed E-state index contributed by atoms with van der Waals surface area (Å²) in [6.07, 6.45) is 8.23. The van der Waals surface area contributed by atoms with Crippen LogP contribution in [0.2, 0.25) is 0 Å². The van der Waals surface area contributed by atoms with Crippen LogP contribution in [0.4, 0.5) is 0 Å². The molecule has 1 heterocycles. The molecule has 2 rings (SSSR count). The normalized spacial score (nSPS) is 22.5. The van der Waals surface area contributed by atoms with Crippen molar-refractivity contribution in [1.82, 2.24) is 15.6 Å². The van der Waals surface area contributed by atoms with Crippen LogP contribution in [0.3, 0.4) is 0 Å². The maximum Gasteiger partial charge on any atom is 0.216 e. The average molecular weight is 335 g/mol. The molecule has 1 aliphatic carbocycles. The lowest BCUT2D eigenvalue weighted by molar-refractivity contribution is 0.304. The molecule has 0 aromatic carbocycles. The van der Waals surface area contributed by atoms with E-state index >= 15 is 0 Å². The summed E-state index contributed by atoms with van der Waals surface area (Å²) in [5, 5.41) is 6.91. The van der Waals surface area contributed by atoms with E-state index in [4.69, 9.17) is 4.42 Å². The summed E-state index contributed by atoms with van der Waals surface area (Å²) in [5.41, 5.74) is -0.0182. The number of nitrogens with zero attached hydrogens (tertiary/aromatic N) is 2. The van der Waals surface area contributed by atoms with Crippen LogP contribution in [0.25, 0.3) is 0 Å². The molecule has 0 spiro atoms. The van der Waals surface area contributed by atoms with Crippen LogP contribution >= 0.6 is 0 Å². The van der Waals surface area contributed by atoms with E-state index in [1.807, 2.05) is 6.20 Å². The topological polar surface area (TPSA) is 62.5 Å². The number of guanidine groups is 1. The maximum absolute atomic E-state index is 5.82. The number of oxazole rings is 1. The van der Waals surface area contributed by atoms with Gasteiger partial charge in [0, 0.05) is 18.0 Å². The first-order valence-corrected chi connectivity index (χ1v) is 9.42. The summed E-state index contributed by atoms with van der Waals surface area (Å²) in [4.78, 5) is 9.00. The van der Waals surface area contributed by atoms with Crippen LogP contribution in [-0.2, 0) is 12.0 Å². The van der Waals surface area contributed by atoms with Crippen LogP contribution < -0.4 is 10.6 Å². The number of hydrogen-bond acceptors (Lipinski definition) is 3. The van der Waals surface area contributed by atoms with Gasteiger partial charge in [0.05, 0.1) is 6.20 Å². The molecule has 5 nitrogen and oxygen atoms in total. The molecule has 1 aliphatic rings. The number of aromatic nitrogens is 1. The summed E-state index contributed by atoms with van der Waals surface area (Å²) in [7, 11) is 0. The first-order chi connectivity index (χ1) is 11.4. The molecule has 1 aromatic rings. The number of rotatable bonds is 5. The summed E-state index contributed by atoms with van der Waals surface area (Å²) in [5.74, 6) is 3.36. The van der Waals surface area contributed by atoms with Gasteiger partial charge in [0.1, 0.15) is 12.3 Å². The summed E-state index contributed by atoms with van der Waals surface area (Å²) >= 11 is 0. The molecule has 1 fully saturated rings. The molecule has 136 valence electrons. The fraction of sp³-hybridized carbons (Fsp3) is 0.789. The average Bonchev–Trinajstić information content (AvgIpc) is 3.03. The highest BCUT2D eigenvalue weighted by Gasteiger charge is 2.21. The van der Waals surface area contributed by atoms with Crippen LogP contribution in [0, 0.1) is 5.92 Å². The zero-order valence-electron chi connectivity index (χ0n) is 16.0. The molecule has 0 radical (unpaired) electrons. The molecular weight excluding hydrogens is 300 g/mol.